The molecule has 1 aromatic rings. The van der Waals surface area contributed by atoms with Gasteiger partial charge in [-0.1, -0.05) is 13.8 Å². The second kappa shape index (κ2) is 5.45. The lowest BCUT2D eigenvalue weighted by Gasteiger charge is -2.40. The molecule has 94 valence electrons. The molecule has 1 N–H and O–H groups in total. The lowest BCUT2D eigenvalue weighted by Crippen LogP contribution is -2.56. The standard InChI is InChI=1S/C13H22N4/c1-10(2)4-12-8-17(11(3)5-16-12)13-6-14-9-15-7-13/h6-7,9-12,16H,4-5,8H2,1-3H3. The maximum atomic E-state index is 4.11. The number of piperazine rings is 1. The van der Waals surface area contributed by atoms with Crippen molar-refractivity contribution >= 4 is 5.69 Å². The minimum atomic E-state index is 0.504. The van der Waals surface area contributed by atoms with E-state index in [1.165, 1.54) is 6.42 Å². The highest BCUT2D eigenvalue weighted by atomic mass is 15.2. The van der Waals surface area contributed by atoms with Crippen LogP contribution in [0, 0.1) is 5.92 Å². The summed E-state index contributed by atoms with van der Waals surface area (Å²) in [4.78, 5) is 10.6. The Balaban J connectivity index is 2.05. The molecule has 0 amide bonds. The van der Waals surface area contributed by atoms with Gasteiger partial charge in [0.05, 0.1) is 18.1 Å². The second-order valence-corrected chi connectivity index (χ2v) is 5.33. The molecule has 0 bridgehead atoms. The van der Waals surface area contributed by atoms with Crippen LogP contribution in [0.2, 0.25) is 0 Å². The topological polar surface area (TPSA) is 41.1 Å². The summed E-state index contributed by atoms with van der Waals surface area (Å²) in [6.45, 7) is 8.87. The summed E-state index contributed by atoms with van der Waals surface area (Å²) in [6, 6.07) is 1.08. The summed E-state index contributed by atoms with van der Waals surface area (Å²) in [5.41, 5.74) is 1.13. The van der Waals surface area contributed by atoms with Crippen LogP contribution >= 0.6 is 0 Å². The van der Waals surface area contributed by atoms with Crippen LogP contribution in [-0.2, 0) is 0 Å². The normalized spacial score (nSPS) is 25.3. The first-order valence-electron chi connectivity index (χ1n) is 6.42. The van der Waals surface area contributed by atoms with Crippen molar-refractivity contribution in [1.82, 2.24) is 15.3 Å². The highest BCUT2D eigenvalue weighted by molar-refractivity contribution is 5.43. The zero-order chi connectivity index (χ0) is 12.3. The van der Waals surface area contributed by atoms with E-state index in [9.17, 15) is 0 Å². The smallest absolute Gasteiger partial charge is 0.115 e. The summed E-state index contributed by atoms with van der Waals surface area (Å²) in [5, 5.41) is 3.62. The van der Waals surface area contributed by atoms with Gasteiger partial charge in [-0.3, -0.25) is 0 Å². The molecule has 0 saturated carbocycles. The van der Waals surface area contributed by atoms with E-state index in [0.29, 0.717) is 12.1 Å². The van der Waals surface area contributed by atoms with Crippen molar-refractivity contribution in [1.29, 1.82) is 0 Å². The Bertz CT molecular complexity index is 339. The van der Waals surface area contributed by atoms with Gasteiger partial charge in [0.15, 0.2) is 0 Å². The van der Waals surface area contributed by atoms with E-state index < -0.39 is 0 Å². The number of anilines is 1. The van der Waals surface area contributed by atoms with Gasteiger partial charge in [0.1, 0.15) is 6.33 Å². The van der Waals surface area contributed by atoms with E-state index >= 15 is 0 Å². The minimum absolute atomic E-state index is 0.504. The Kier molecular flexibility index (Phi) is 3.94. The quantitative estimate of drug-likeness (QED) is 0.864. The molecule has 1 aromatic heterocycles. The van der Waals surface area contributed by atoms with Gasteiger partial charge in [-0.25, -0.2) is 9.97 Å². The summed E-state index contributed by atoms with van der Waals surface area (Å²) >= 11 is 0. The van der Waals surface area contributed by atoms with Crippen LogP contribution in [0.4, 0.5) is 5.69 Å². The molecule has 1 aliphatic heterocycles. The molecule has 0 spiro atoms. The van der Waals surface area contributed by atoms with Crippen LogP contribution < -0.4 is 10.2 Å². The predicted octanol–water partition coefficient (Wildman–Crippen LogP) is 1.69. The molecule has 1 saturated heterocycles. The molecule has 0 aliphatic carbocycles. The molecule has 2 rings (SSSR count). The van der Waals surface area contributed by atoms with Gasteiger partial charge in [0, 0.05) is 25.2 Å². The third kappa shape index (κ3) is 3.16. The van der Waals surface area contributed by atoms with Crippen LogP contribution in [-0.4, -0.2) is 35.1 Å². The Morgan fingerprint density at radius 3 is 2.76 bits per heavy atom. The van der Waals surface area contributed by atoms with Crippen molar-refractivity contribution in [2.75, 3.05) is 18.0 Å². The van der Waals surface area contributed by atoms with Crippen molar-refractivity contribution in [3.63, 3.8) is 0 Å². The lowest BCUT2D eigenvalue weighted by molar-refractivity contribution is 0.355. The fourth-order valence-electron chi connectivity index (χ4n) is 2.46. The number of nitrogens with one attached hydrogen (secondary N) is 1. The van der Waals surface area contributed by atoms with Gasteiger partial charge in [-0.15, -0.1) is 0 Å². The van der Waals surface area contributed by atoms with Crippen molar-refractivity contribution < 1.29 is 0 Å². The second-order valence-electron chi connectivity index (χ2n) is 5.33. The molecule has 0 radical (unpaired) electrons. The largest absolute Gasteiger partial charge is 0.363 e. The number of rotatable bonds is 3. The molecule has 2 atom stereocenters. The minimum Gasteiger partial charge on any atom is -0.363 e. The molecular weight excluding hydrogens is 212 g/mol. The van der Waals surface area contributed by atoms with Crippen LogP contribution in [0.1, 0.15) is 27.2 Å². The van der Waals surface area contributed by atoms with E-state index in [1.54, 1.807) is 6.33 Å². The van der Waals surface area contributed by atoms with E-state index in [0.717, 1.165) is 24.7 Å². The van der Waals surface area contributed by atoms with Crippen LogP contribution in [0.15, 0.2) is 18.7 Å². The number of hydrogen-bond donors (Lipinski definition) is 1. The van der Waals surface area contributed by atoms with Gasteiger partial charge in [-0.2, -0.15) is 0 Å². The molecular formula is C13H22N4. The molecule has 2 heterocycles. The molecule has 1 fully saturated rings. The molecule has 4 nitrogen and oxygen atoms in total. The number of aromatic nitrogens is 2. The van der Waals surface area contributed by atoms with Crippen LogP contribution in [0.5, 0.6) is 0 Å². The maximum absolute atomic E-state index is 4.11. The first kappa shape index (κ1) is 12.3. The van der Waals surface area contributed by atoms with Crippen molar-refractivity contribution in [2.45, 2.75) is 39.3 Å². The van der Waals surface area contributed by atoms with Gasteiger partial charge in [0.2, 0.25) is 0 Å². The molecule has 1 aliphatic rings. The van der Waals surface area contributed by atoms with Crippen LogP contribution in [0.25, 0.3) is 0 Å². The Morgan fingerprint density at radius 2 is 2.12 bits per heavy atom. The SMILES string of the molecule is CC(C)CC1CN(c2cncnc2)C(C)CN1. The highest BCUT2D eigenvalue weighted by Gasteiger charge is 2.25. The first-order valence-corrected chi connectivity index (χ1v) is 6.42. The van der Waals surface area contributed by atoms with Gasteiger partial charge in [-0.05, 0) is 19.3 Å². The maximum Gasteiger partial charge on any atom is 0.115 e. The Labute approximate surface area is 103 Å². The number of nitrogens with zero attached hydrogens (tertiary/aromatic N) is 3. The monoisotopic (exact) mass is 234 g/mol. The zero-order valence-corrected chi connectivity index (χ0v) is 10.9. The number of hydrogen-bond acceptors (Lipinski definition) is 4. The van der Waals surface area contributed by atoms with Crippen molar-refractivity contribution in [3.05, 3.63) is 18.7 Å². The van der Waals surface area contributed by atoms with E-state index in [1.807, 2.05) is 12.4 Å². The molecule has 17 heavy (non-hydrogen) atoms. The fraction of sp³-hybridized carbons (Fsp3) is 0.692. The highest BCUT2D eigenvalue weighted by Crippen LogP contribution is 2.19. The summed E-state index contributed by atoms with van der Waals surface area (Å²) in [6.07, 6.45) is 6.61. The Hall–Kier alpha value is -1.16. The van der Waals surface area contributed by atoms with Crippen molar-refractivity contribution in [2.24, 2.45) is 5.92 Å². The molecule has 2 unspecified atom stereocenters. The summed E-state index contributed by atoms with van der Waals surface area (Å²) in [7, 11) is 0. The summed E-state index contributed by atoms with van der Waals surface area (Å²) < 4.78 is 0. The van der Waals surface area contributed by atoms with Crippen molar-refractivity contribution in [3.8, 4) is 0 Å². The third-order valence-electron chi connectivity index (χ3n) is 3.29. The van der Waals surface area contributed by atoms with E-state index in [2.05, 4.69) is 41.0 Å². The first-order chi connectivity index (χ1) is 8.16. The van der Waals surface area contributed by atoms with Gasteiger partial charge < -0.3 is 10.2 Å². The Morgan fingerprint density at radius 1 is 1.41 bits per heavy atom. The lowest BCUT2D eigenvalue weighted by atomic mass is 10.00. The molecule has 4 heteroatoms. The van der Waals surface area contributed by atoms with Crippen LogP contribution in [0.3, 0.4) is 0 Å². The zero-order valence-electron chi connectivity index (χ0n) is 10.9. The average Bonchev–Trinajstić information content (AvgIpc) is 2.32. The van der Waals surface area contributed by atoms with Gasteiger partial charge >= 0.3 is 0 Å². The average molecular weight is 234 g/mol. The molecule has 0 aromatic carbocycles. The van der Waals surface area contributed by atoms with E-state index in [4.69, 9.17) is 0 Å². The third-order valence-corrected chi connectivity index (χ3v) is 3.29. The van der Waals surface area contributed by atoms with E-state index in [-0.39, 0.29) is 0 Å². The van der Waals surface area contributed by atoms with Gasteiger partial charge in [0.25, 0.3) is 0 Å². The predicted molar refractivity (Wildman–Crippen MR) is 70.1 cm³/mol. The fourth-order valence-corrected chi connectivity index (χ4v) is 2.46. The summed E-state index contributed by atoms with van der Waals surface area (Å²) in [5.74, 6) is 0.731.